The molecule has 1 heterocycles. The number of halogens is 2. The zero-order valence-electron chi connectivity index (χ0n) is 15.6. The van der Waals surface area contributed by atoms with Crippen LogP contribution >= 0.6 is 35.0 Å². The third kappa shape index (κ3) is 5.56. The number of benzene rings is 2. The minimum absolute atomic E-state index is 0.218. The average molecular weight is 454 g/mol. The maximum Gasteiger partial charge on any atom is 0.276 e. The van der Waals surface area contributed by atoms with Crippen molar-refractivity contribution in [3.05, 3.63) is 46.4 Å². The maximum absolute atomic E-state index is 12.1. The van der Waals surface area contributed by atoms with Gasteiger partial charge in [-0.2, -0.15) is 0 Å². The summed E-state index contributed by atoms with van der Waals surface area (Å²) in [5, 5.41) is 11.9. The number of amides is 1. The monoisotopic (exact) mass is 453 g/mol. The van der Waals surface area contributed by atoms with Crippen LogP contribution in [-0.4, -0.2) is 36.1 Å². The van der Waals surface area contributed by atoms with Gasteiger partial charge in [0.25, 0.3) is 5.22 Å². The molecule has 152 valence electrons. The van der Waals surface area contributed by atoms with Crippen LogP contribution in [0, 0.1) is 0 Å². The summed E-state index contributed by atoms with van der Waals surface area (Å²) in [7, 11) is 3.13. The molecule has 1 N–H and O–H groups in total. The molecule has 0 radical (unpaired) electrons. The lowest BCUT2D eigenvalue weighted by Gasteiger charge is -2.08. The van der Waals surface area contributed by atoms with Gasteiger partial charge in [-0.05, 0) is 24.3 Å². The minimum Gasteiger partial charge on any atom is -0.497 e. The van der Waals surface area contributed by atoms with Gasteiger partial charge < -0.3 is 19.2 Å². The normalized spacial score (nSPS) is 10.6. The maximum atomic E-state index is 12.1. The molecule has 0 aliphatic heterocycles. The van der Waals surface area contributed by atoms with E-state index in [4.69, 9.17) is 37.1 Å². The van der Waals surface area contributed by atoms with Crippen molar-refractivity contribution < 1.29 is 18.7 Å². The Morgan fingerprint density at radius 2 is 1.76 bits per heavy atom. The molecular formula is C19H17Cl2N3O4S. The van der Waals surface area contributed by atoms with E-state index in [0.717, 1.165) is 0 Å². The van der Waals surface area contributed by atoms with Gasteiger partial charge in [-0.1, -0.05) is 41.0 Å². The van der Waals surface area contributed by atoms with Crippen molar-refractivity contribution in [1.82, 2.24) is 10.2 Å². The van der Waals surface area contributed by atoms with Crippen LogP contribution in [0.2, 0.25) is 10.0 Å². The minimum atomic E-state index is -0.218. The van der Waals surface area contributed by atoms with Crippen LogP contribution in [0.1, 0.15) is 6.42 Å². The van der Waals surface area contributed by atoms with E-state index in [1.165, 1.54) is 11.8 Å². The fourth-order valence-corrected chi connectivity index (χ4v) is 3.56. The van der Waals surface area contributed by atoms with Crippen molar-refractivity contribution in [2.45, 2.75) is 11.6 Å². The molecule has 0 unspecified atom stereocenters. The number of thioether (sulfide) groups is 1. The van der Waals surface area contributed by atoms with Crippen LogP contribution in [0.15, 0.2) is 46.0 Å². The number of nitrogens with one attached hydrogen (secondary N) is 1. The highest BCUT2D eigenvalue weighted by Crippen LogP contribution is 2.31. The molecule has 3 aromatic rings. The highest BCUT2D eigenvalue weighted by atomic mass is 35.5. The molecule has 1 aromatic heterocycles. The predicted octanol–water partition coefficient (Wildman–Crippen LogP) is 5.18. The number of carbonyl (C=O) groups excluding carboxylic acids is 1. The third-order valence-electron chi connectivity index (χ3n) is 3.79. The zero-order chi connectivity index (χ0) is 20.8. The molecule has 2 aromatic carbocycles. The molecule has 0 spiro atoms. The van der Waals surface area contributed by atoms with Gasteiger partial charge in [0.1, 0.15) is 11.5 Å². The molecule has 0 atom stereocenters. The summed E-state index contributed by atoms with van der Waals surface area (Å²) >= 11 is 13.4. The van der Waals surface area contributed by atoms with Gasteiger partial charge in [0.15, 0.2) is 0 Å². The van der Waals surface area contributed by atoms with Gasteiger partial charge in [-0.3, -0.25) is 4.79 Å². The third-order valence-corrected chi connectivity index (χ3v) is 5.24. The summed E-state index contributed by atoms with van der Waals surface area (Å²) in [5.41, 5.74) is 1.07. The Morgan fingerprint density at radius 1 is 1.10 bits per heavy atom. The van der Waals surface area contributed by atoms with Crippen LogP contribution in [0.5, 0.6) is 11.5 Å². The molecule has 3 rings (SSSR count). The standard InChI is InChI=1S/C19H17Cl2N3O4S/c1-26-12-8-11(9-13(10-12)27-2)18-23-24-19(28-18)29-7-6-16(25)22-17-14(20)4-3-5-15(17)21/h3-5,8-10H,6-7H2,1-2H3,(H,22,25). The van der Waals surface area contributed by atoms with E-state index in [-0.39, 0.29) is 12.3 Å². The summed E-state index contributed by atoms with van der Waals surface area (Å²) in [4.78, 5) is 12.1. The van der Waals surface area contributed by atoms with E-state index in [0.29, 0.717) is 49.7 Å². The second kappa shape index (κ2) is 9.87. The summed E-state index contributed by atoms with van der Waals surface area (Å²) in [6.45, 7) is 0. The first-order chi connectivity index (χ1) is 14.0. The van der Waals surface area contributed by atoms with Crippen LogP contribution < -0.4 is 14.8 Å². The van der Waals surface area contributed by atoms with Crippen LogP contribution in [0.4, 0.5) is 5.69 Å². The summed E-state index contributed by atoms with van der Waals surface area (Å²) in [6.07, 6.45) is 0.219. The Hall–Kier alpha value is -2.42. The fourth-order valence-electron chi connectivity index (χ4n) is 2.37. The smallest absolute Gasteiger partial charge is 0.276 e. The van der Waals surface area contributed by atoms with E-state index in [2.05, 4.69) is 15.5 Å². The lowest BCUT2D eigenvalue weighted by atomic mass is 10.2. The van der Waals surface area contributed by atoms with Gasteiger partial charge >= 0.3 is 0 Å². The Balaban J connectivity index is 1.58. The first-order valence-corrected chi connectivity index (χ1v) is 10.2. The highest BCUT2D eigenvalue weighted by molar-refractivity contribution is 7.99. The predicted molar refractivity (Wildman–Crippen MR) is 113 cm³/mol. The largest absolute Gasteiger partial charge is 0.497 e. The molecule has 0 fully saturated rings. The lowest BCUT2D eigenvalue weighted by molar-refractivity contribution is -0.115. The van der Waals surface area contributed by atoms with Crippen molar-refractivity contribution in [2.24, 2.45) is 0 Å². The van der Waals surface area contributed by atoms with Crippen molar-refractivity contribution in [3.63, 3.8) is 0 Å². The molecule has 10 heteroatoms. The molecule has 0 saturated heterocycles. The number of hydrogen-bond donors (Lipinski definition) is 1. The highest BCUT2D eigenvalue weighted by Gasteiger charge is 2.14. The van der Waals surface area contributed by atoms with Gasteiger partial charge in [0, 0.05) is 23.8 Å². The molecule has 0 aliphatic rings. The average Bonchev–Trinajstić information content (AvgIpc) is 3.19. The first-order valence-electron chi connectivity index (χ1n) is 8.43. The van der Waals surface area contributed by atoms with Gasteiger partial charge in [0.05, 0.1) is 30.0 Å². The number of methoxy groups -OCH3 is 2. The number of hydrogen-bond acceptors (Lipinski definition) is 7. The van der Waals surface area contributed by atoms with Crippen LogP contribution in [0.25, 0.3) is 11.5 Å². The number of aromatic nitrogens is 2. The van der Waals surface area contributed by atoms with Crippen LogP contribution in [-0.2, 0) is 4.79 Å². The van der Waals surface area contributed by atoms with E-state index < -0.39 is 0 Å². The first kappa shape index (κ1) is 21.3. The molecular weight excluding hydrogens is 437 g/mol. The lowest BCUT2D eigenvalue weighted by Crippen LogP contribution is -2.12. The van der Waals surface area contributed by atoms with Crippen molar-refractivity contribution >= 4 is 46.6 Å². The summed E-state index contributed by atoms with van der Waals surface area (Å²) in [5.74, 6) is 1.78. The number of para-hydroxylation sites is 1. The van der Waals surface area contributed by atoms with Gasteiger partial charge in [-0.25, -0.2) is 0 Å². The van der Waals surface area contributed by atoms with Crippen molar-refractivity contribution in [2.75, 3.05) is 25.3 Å². The Morgan fingerprint density at radius 3 is 2.38 bits per heavy atom. The van der Waals surface area contributed by atoms with E-state index >= 15 is 0 Å². The SMILES string of the molecule is COc1cc(OC)cc(-c2nnc(SCCC(=O)Nc3c(Cl)cccc3Cl)o2)c1. The number of rotatable bonds is 8. The summed E-state index contributed by atoms with van der Waals surface area (Å²) < 4.78 is 16.2. The van der Waals surface area contributed by atoms with E-state index in [9.17, 15) is 4.79 Å². The molecule has 0 bridgehead atoms. The molecule has 29 heavy (non-hydrogen) atoms. The molecule has 0 saturated carbocycles. The van der Waals surface area contributed by atoms with Gasteiger partial charge in [0.2, 0.25) is 11.8 Å². The van der Waals surface area contributed by atoms with Crippen LogP contribution in [0.3, 0.4) is 0 Å². The number of nitrogens with zero attached hydrogens (tertiary/aromatic N) is 2. The quantitative estimate of drug-likeness (QED) is 0.469. The van der Waals surface area contributed by atoms with E-state index in [1.807, 2.05) is 0 Å². The molecule has 1 amide bonds. The Kier molecular flexibility index (Phi) is 7.24. The second-order valence-corrected chi connectivity index (χ2v) is 7.58. The number of ether oxygens (including phenoxy) is 2. The Bertz CT molecular complexity index is 970. The Labute approximate surface area is 181 Å². The summed E-state index contributed by atoms with van der Waals surface area (Å²) in [6, 6.07) is 10.3. The van der Waals surface area contributed by atoms with Gasteiger partial charge in [-0.15, -0.1) is 10.2 Å². The number of carbonyl (C=O) groups is 1. The second-order valence-electron chi connectivity index (χ2n) is 5.72. The number of anilines is 1. The topological polar surface area (TPSA) is 86.5 Å². The molecule has 7 nitrogen and oxygen atoms in total. The van der Waals surface area contributed by atoms with E-state index in [1.54, 1.807) is 50.6 Å². The van der Waals surface area contributed by atoms with Crippen molar-refractivity contribution in [3.8, 4) is 23.0 Å². The van der Waals surface area contributed by atoms with Crippen molar-refractivity contribution in [1.29, 1.82) is 0 Å². The molecule has 0 aliphatic carbocycles. The zero-order valence-corrected chi connectivity index (χ0v) is 17.9. The fraction of sp³-hybridized carbons (Fsp3) is 0.211.